The van der Waals surface area contributed by atoms with Gasteiger partial charge in [-0.1, -0.05) is 0 Å². The first kappa shape index (κ1) is 20.0. The quantitative estimate of drug-likeness (QED) is 0.549. The van der Waals surface area contributed by atoms with E-state index in [-0.39, 0.29) is 28.9 Å². The lowest BCUT2D eigenvalue weighted by molar-refractivity contribution is -0.119. The fourth-order valence-corrected chi connectivity index (χ4v) is 3.34. The Bertz CT molecular complexity index is 890. The summed E-state index contributed by atoms with van der Waals surface area (Å²) in [5.41, 5.74) is -3.45. The summed E-state index contributed by atoms with van der Waals surface area (Å²) >= 11 is -0.257. The lowest BCUT2D eigenvalue weighted by Crippen LogP contribution is -2.33. The van der Waals surface area contributed by atoms with Crippen LogP contribution in [-0.2, 0) is 11.3 Å². The molecule has 1 aromatic heterocycles. The van der Waals surface area contributed by atoms with Gasteiger partial charge in [-0.05, 0) is 54.6 Å². The van der Waals surface area contributed by atoms with Crippen molar-refractivity contribution in [2.24, 2.45) is 0 Å². The molecule has 0 bridgehead atoms. The van der Waals surface area contributed by atoms with Crippen LogP contribution in [-0.4, -0.2) is 40.5 Å². The minimum absolute atomic E-state index is 0.0240. The standard InChI is InChI=1S/C18H16F3N3O3S/c1-11-16(25)24(13-3-5-14(6-4-13)28-18(19,20)21)17(26)23(11)10-12-7-8-22-15(9-12)27-2/h3-9,11H,10H2,1-2H3. The third-order valence-electron chi connectivity index (χ3n) is 4.17. The first-order valence-electron chi connectivity index (χ1n) is 8.19. The summed E-state index contributed by atoms with van der Waals surface area (Å²) in [6, 6.07) is 7.24. The highest BCUT2D eigenvalue weighted by Gasteiger charge is 2.43. The maximum absolute atomic E-state index is 12.8. The molecule has 1 atom stereocenters. The number of amides is 3. The van der Waals surface area contributed by atoms with Crippen LogP contribution in [0.25, 0.3) is 0 Å². The Balaban J connectivity index is 1.80. The van der Waals surface area contributed by atoms with Crippen LogP contribution in [0.15, 0.2) is 47.5 Å². The van der Waals surface area contributed by atoms with E-state index in [1.807, 2.05) is 0 Å². The van der Waals surface area contributed by atoms with Crippen molar-refractivity contribution in [2.75, 3.05) is 12.0 Å². The van der Waals surface area contributed by atoms with Crippen LogP contribution >= 0.6 is 11.8 Å². The van der Waals surface area contributed by atoms with Crippen molar-refractivity contribution in [3.8, 4) is 5.88 Å². The molecule has 0 spiro atoms. The number of thioether (sulfide) groups is 1. The van der Waals surface area contributed by atoms with Gasteiger partial charge in [0.25, 0.3) is 5.91 Å². The zero-order valence-corrected chi connectivity index (χ0v) is 15.8. The Morgan fingerprint density at radius 1 is 1.18 bits per heavy atom. The number of alkyl halides is 3. The average molecular weight is 411 g/mol. The smallest absolute Gasteiger partial charge is 0.446 e. The van der Waals surface area contributed by atoms with Gasteiger partial charge in [0.1, 0.15) is 6.04 Å². The normalized spacial score (nSPS) is 17.4. The molecule has 3 rings (SSSR count). The van der Waals surface area contributed by atoms with Gasteiger partial charge in [-0.25, -0.2) is 14.7 Å². The Labute approximate surface area is 163 Å². The third kappa shape index (κ3) is 4.22. The molecule has 1 fully saturated rings. The second-order valence-corrected chi connectivity index (χ2v) is 7.15. The fourth-order valence-electron chi connectivity index (χ4n) is 2.80. The summed E-state index contributed by atoms with van der Waals surface area (Å²) in [4.78, 5) is 31.7. The van der Waals surface area contributed by atoms with Crippen LogP contribution in [0.4, 0.5) is 23.7 Å². The number of pyridine rings is 1. The summed E-state index contributed by atoms with van der Waals surface area (Å²) < 4.78 is 42.4. The molecule has 1 unspecified atom stereocenters. The summed E-state index contributed by atoms with van der Waals surface area (Å²) in [5, 5.41) is 0. The number of hydrogen-bond acceptors (Lipinski definition) is 5. The van der Waals surface area contributed by atoms with Gasteiger partial charge in [-0.2, -0.15) is 13.2 Å². The van der Waals surface area contributed by atoms with Gasteiger partial charge in [-0.3, -0.25) is 4.79 Å². The summed E-state index contributed by atoms with van der Waals surface area (Å²) in [7, 11) is 1.47. The number of rotatable bonds is 5. The highest BCUT2D eigenvalue weighted by atomic mass is 32.2. The number of carbonyl (C=O) groups is 2. The number of methoxy groups -OCH3 is 1. The van der Waals surface area contributed by atoms with Crippen LogP contribution in [0.5, 0.6) is 5.88 Å². The van der Waals surface area contributed by atoms with Crippen molar-refractivity contribution in [1.29, 1.82) is 0 Å². The molecule has 0 saturated carbocycles. The van der Waals surface area contributed by atoms with Crippen molar-refractivity contribution in [3.05, 3.63) is 48.2 Å². The number of benzene rings is 1. The van der Waals surface area contributed by atoms with E-state index in [9.17, 15) is 22.8 Å². The van der Waals surface area contributed by atoms with Gasteiger partial charge in [0, 0.05) is 23.7 Å². The molecular formula is C18H16F3N3O3S. The minimum atomic E-state index is -4.41. The zero-order chi connectivity index (χ0) is 20.5. The Kier molecular flexibility index (Phi) is 5.50. The van der Waals surface area contributed by atoms with E-state index in [0.29, 0.717) is 5.88 Å². The SMILES string of the molecule is COc1cc(CN2C(=O)N(c3ccc(SC(F)(F)F)cc3)C(=O)C2C)ccn1. The average Bonchev–Trinajstić information content (AvgIpc) is 2.85. The summed E-state index contributed by atoms with van der Waals surface area (Å²) in [5.74, 6) is -0.0556. The van der Waals surface area contributed by atoms with Crippen LogP contribution < -0.4 is 9.64 Å². The Hall–Kier alpha value is -2.75. The second-order valence-electron chi connectivity index (χ2n) is 6.01. The lowest BCUT2D eigenvalue weighted by Gasteiger charge is -2.19. The number of imide groups is 1. The number of aromatic nitrogens is 1. The molecule has 0 aliphatic carbocycles. The molecular weight excluding hydrogens is 395 g/mol. The number of carbonyl (C=O) groups excluding carboxylic acids is 2. The van der Waals surface area contributed by atoms with Crippen LogP contribution in [0.2, 0.25) is 0 Å². The molecule has 3 amide bonds. The monoisotopic (exact) mass is 411 g/mol. The van der Waals surface area contributed by atoms with E-state index in [1.165, 1.54) is 42.5 Å². The zero-order valence-electron chi connectivity index (χ0n) is 14.9. The number of halogens is 3. The second kappa shape index (κ2) is 7.70. The Morgan fingerprint density at radius 2 is 1.86 bits per heavy atom. The first-order chi connectivity index (χ1) is 13.2. The van der Waals surface area contributed by atoms with Crippen molar-refractivity contribution < 1.29 is 27.5 Å². The van der Waals surface area contributed by atoms with Crippen molar-refractivity contribution in [1.82, 2.24) is 9.88 Å². The van der Waals surface area contributed by atoms with Crippen molar-refractivity contribution >= 4 is 29.4 Å². The molecule has 0 radical (unpaired) electrons. The largest absolute Gasteiger partial charge is 0.481 e. The molecule has 6 nitrogen and oxygen atoms in total. The molecule has 2 heterocycles. The van der Waals surface area contributed by atoms with Gasteiger partial charge in [0.15, 0.2) is 0 Å². The van der Waals surface area contributed by atoms with E-state index >= 15 is 0 Å². The van der Waals surface area contributed by atoms with Gasteiger partial charge < -0.3 is 9.64 Å². The predicted octanol–water partition coefficient (Wildman–Crippen LogP) is 4.06. The molecule has 1 aliphatic heterocycles. The fraction of sp³-hybridized carbons (Fsp3) is 0.278. The predicted molar refractivity (Wildman–Crippen MR) is 97.0 cm³/mol. The lowest BCUT2D eigenvalue weighted by atomic mass is 10.2. The van der Waals surface area contributed by atoms with E-state index < -0.39 is 23.5 Å². The van der Waals surface area contributed by atoms with Gasteiger partial charge in [0.2, 0.25) is 5.88 Å². The number of nitrogens with zero attached hydrogens (tertiary/aromatic N) is 3. The number of urea groups is 1. The molecule has 148 valence electrons. The number of anilines is 1. The topological polar surface area (TPSA) is 62.7 Å². The van der Waals surface area contributed by atoms with E-state index in [2.05, 4.69) is 4.98 Å². The first-order valence-corrected chi connectivity index (χ1v) is 9.00. The molecule has 0 N–H and O–H groups in total. The maximum atomic E-state index is 12.8. The molecule has 2 aromatic rings. The highest BCUT2D eigenvalue weighted by molar-refractivity contribution is 8.00. The van der Waals surface area contributed by atoms with Crippen molar-refractivity contribution in [2.45, 2.75) is 29.9 Å². The van der Waals surface area contributed by atoms with Gasteiger partial charge in [0.05, 0.1) is 12.8 Å². The van der Waals surface area contributed by atoms with E-state index in [1.54, 1.807) is 19.1 Å². The summed E-state index contributed by atoms with van der Waals surface area (Å²) in [6.45, 7) is 1.77. The van der Waals surface area contributed by atoms with E-state index in [4.69, 9.17) is 4.74 Å². The van der Waals surface area contributed by atoms with Crippen LogP contribution in [0.1, 0.15) is 12.5 Å². The van der Waals surface area contributed by atoms with E-state index in [0.717, 1.165) is 10.5 Å². The number of ether oxygens (including phenoxy) is 1. The van der Waals surface area contributed by atoms with Crippen LogP contribution in [0.3, 0.4) is 0 Å². The van der Waals surface area contributed by atoms with Crippen LogP contribution in [0, 0.1) is 0 Å². The molecule has 1 aromatic carbocycles. The molecule has 10 heteroatoms. The van der Waals surface area contributed by atoms with Gasteiger partial charge in [-0.15, -0.1) is 0 Å². The minimum Gasteiger partial charge on any atom is -0.481 e. The molecule has 28 heavy (non-hydrogen) atoms. The third-order valence-corrected chi connectivity index (χ3v) is 4.91. The number of hydrogen-bond donors (Lipinski definition) is 0. The van der Waals surface area contributed by atoms with Gasteiger partial charge >= 0.3 is 11.5 Å². The Morgan fingerprint density at radius 3 is 2.46 bits per heavy atom. The molecule has 1 saturated heterocycles. The maximum Gasteiger partial charge on any atom is 0.446 e. The molecule has 1 aliphatic rings. The highest BCUT2D eigenvalue weighted by Crippen LogP contribution is 2.38. The summed E-state index contributed by atoms with van der Waals surface area (Å²) in [6.07, 6.45) is 1.54. The van der Waals surface area contributed by atoms with Crippen molar-refractivity contribution in [3.63, 3.8) is 0 Å².